The second-order valence-electron chi connectivity index (χ2n) is 4.51. The van der Waals surface area contributed by atoms with Crippen LogP contribution in [0, 0.1) is 0 Å². The predicted octanol–water partition coefficient (Wildman–Crippen LogP) is 0.364. The SMILES string of the molecule is COC[C@@H](OC(=O)Cc1ccccc1S(C)(=O)=O)C(=O)OC. The van der Waals surface area contributed by atoms with Gasteiger partial charge in [0.25, 0.3) is 0 Å². The van der Waals surface area contributed by atoms with Crippen LogP contribution in [0.1, 0.15) is 5.56 Å². The molecule has 0 radical (unpaired) electrons. The van der Waals surface area contributed by atoms with Crippen LogP contribution in [0.3, 0.4) is 0 Å². The maximum atomic E-state index is 11.9. The Kier molecular flexibility index (Phi) is 6.51. The zero-order valence-corrected chi connectivity index (χ0v) is 13.4. The van der Waals surface area contributed by atoms with Gasteiger partial charge in [0.1, 0.15) is 0 Å². The molecule has 0 aliphatic rings. The van der Waals surface area contributed by atoms with Crippen molar-refractivity contribution >= 4 is 21.8 Å². The summed E-state index contributed by atoms with van der Waals surface area (Å²) in [5.41, 5.74) is 0.302. The second-order valence-corrected chi connectivity index (χ2v) is 6.50. The summed E-state index contributed by atoms with van der Waals surface area (Å²) in [5, 5.41) is 0. The Bertz CT molecular complexity index is 636. The summed E-state index contributed by atoms with van der Waals surface area (Å²) in [6.07, 6.45) is -0.410. The van der Waals surface area contributed by atoms with Gasteiger partial charge in [-0.15, -0.1) is 0 Å². The van der Waals surface area contributed by atoms with Crippen molar-refractivity contribution in [3.8, 4) is 0 Å². The van der Waals surface area contributed by atoms with Gasteiger partial charge in [-0.2, -0.15) is 0 Å². The van der Waals surface area contributed by atoms with Crippen LogP contribution in [0.25, 0.3) is 0 Å². The largest absolute Gasteiger partial charge is 0.466 e. The molecular formula is C14H18O7S. The van der Waals surface area contributed by atoms with Gasteiger partial charge in [-0.25, -0.2) is 13.2 Å². The van der Waals surface area contributed by atoms with E-state index in [1.807, 2.05) is 0 Å². The monoisotopic (exact) mass is 330 g/mol. The molecular weight excluding hydrogens is 312 g/mol. The van der Waals surface area contributed by atoms with Gasteiger partial charge < -0.3 is 14.2 Å². The first-order chi connectivity index (χ1) is 10.3. The standard InChI is InChI=1S/C14H18O7S/c1-19-9-11(14(16)20-2)21-13(15)8-10-6-4-5-7-12(10)22(3,17)18/h4-7,11H,8-9H2,1-3H3/t11-/m1/s1. The third-order valence-electron chi connectivity index (χ3n) is 2.76. The van der Waals surface area contributed by atoms with Crippen LogP contribution in [-0.4, -0.2) is 53.5 Å². The zero-order chi connectivity index (χ0) is 16.8. The fourth-order valence-electron chi connectivity index (χ4n) is 1.80. The number of hydrogen-bond donors (Lipinski definition) is 0. The van der Waals surface area contributed by atoms with Crippen LogP contribution in [-0.2, 0) is 40.1 Å². The zero-order valence-electron chi connectivity index (χ0n) is 12.6. The third kappa shape index (κ3) is 5.12. The highest BCUT2D eigenvalue weighted by Gasteiger charge is 2.24. The number of benzene rings is 1. The van der Waals surface area contributed by atoms with Crippen molar-refractivity contribution in [1.29, 1.82) is 0 Å². The number of carbonyl (C=O) groups excluding carboxylic acids is 2. The highest BCUT2D eigenvalue weighted by atomic mass is 32.2. The molecule has 1 atom stereocenters. The Labute approximate surface area is 129 Å². The average molecular weight is 330 g/mol. The van der Waals surface area contributed by atoms with Gasteiger partial charge in [0.05, 0.1) is 25.0 Å². The predicted molar refractivity (Wildman–Crippen MR) is 77.0 cm³/mol. The van der Waals surface area contributed by atoms with Crippen LogP contribution >= 0.6 is 0 Å². The summed E-state index contributed by atoms with van der Waals surface area (Å²) in [4.78, 5) is 23.4. The van der Waals surface area contributed by atoms with E-state index in [2.05, 4.69) is 4.74 Å². The molecule has 0 aliphatic carbocycles. The van der Waals surface area contributed by atoms with Crippen LogP contribution < -0.4 is 0 Å². The molecule has 122 valence electrons. The number of methoxy groups -OCH3 is 2. The number of esters is 2. The first kappa shape index (κ1) is 18.1. The molecule has 0 spiro atoms. The van der Waals surface area contributed by atoms with Gasteiger partial charge in [0.15, 0.2) is 9.84 Å². The van der Waals surface area contributed by atoms with Gasteiger partial charge in [-0.3, -0.25) is 4.79 Å². The molecule has 0 bridgehead atoms. The molecule has 0 aliphatic heterocycles. The highest BCUT2D eigenvalue weighted by molar-refractivity contribution is 7.90. The fraction of sp³-hybridized carbons (Fsp3) is 0.429. The molecule has 1 aromatic carbocycles. The van der Waals surface area contributed by atoms with E-state index in [9.17, 15) is 18.0 Å². The van der Waals surface area contributed by atoms with Gasteiger partial charge in [-0.05, 0) is 11.6 Å². The van der Waals surface area contributed by atoms with Crippen LogP contribution in [0.4, 0.5) is 0 Å². The van der Waals surface area contributed by atoms with Crippen molar-refractivity contribution in [1.82, 2.24) is 0 Å². The molecule has 0 N–H and O–H groups in total. The second kappa shape index (κ2) is 7.90. The average Bonchev–Trinajstić information content (AvgIpc) is 2.45. The Morgan fingerprint density at radius 3 is 2.36 bits per heavy atom. The number of hydrogen-bond acceptors (Lipinski definition) is 7. The van der Waals surface area contributed by atoms with E-state index in [0.717, 1.165) is 13.4 Å². The lowest BCUT2D eigenvalue weighted by atomic mass is 10.1. The number of carbonyl (C=O) groups is 2. The van der Waals surface area contributed by atoms with Crippen molar-refractivity contribution < 1.29 is 32.2 Å². The minimum Gasteiger partial charge on any atom is -0.466 e. The first-order valence-corrected chi connectivity index (χ1v) is 8.23. The van der Waals surface area contributed by atoms with Crippen molar-refractivity contribution in [2.24, 2.45) is 0 Å². The number of sulfone groups is 1. The molecule has 0 fully saturated rings. The molecule has 0 aromatic heterocycles. The molecule has 1 aromatic rings. The van der Waals surface area contributed by atoms with E-state index < -0.39 is 27.9 Å². The minimum absolute atomic E-state index is 0.0494. The van der Waals surface area contributed by atoms with E-state index in [0.29, 0.717) is 5.56 Å². The number of rotatable bonds is 7. The summed E-state index contributed by atoms with van der Waals surface area (Å²) in [6, 6.07) is 6.10. The quantitative estimate of drug-likeness (QED) is 0.666. The highest BCUT2D eigenvalue weighted by Crippen LogP contribution is 2.16. The van der Waals surface area contributed by atoms with Crippen LogP contribution in [0.2, 0.25) is 0 Å². The van der Waals surface area contributed by atoms with Gasteiger partial charge in [0, 0.05) is 13.4 Å². The van der Waals surface area contributed by atoms with E-state index in [4.69, 9.17) is 9.47 Å². The van der Waals surface area contributed by atoms with Gasteiger partial charge in [-0.1, -0.05) is 18.2 Å². The third-order valence-corrected chi connectivity index (χ3v) is 3.96. The maximum Gasteiger partial charge on any atom is 0.349 e. The van der Waals surface area contributed by atoms with Crippen molar-refractivity contribution in [2.45, 2.75) is 17.4 Å². The smallest absolute Gasteiger partial charge is 0.349 e. The molecule has 0 amide bonds. The first-order valence-electron chi connectivity index (χ1n) is 6.33. The minimum atomic E-state index is -3.46. The van der Waals surface area contributed by atoms with E-state index in [-0.39, 0.29) is 17.9 Å². The van der Waals surface area contributed by atoms with Gasteiger partial charge >= 0.3 is 11.9 Å². The topological polar surface area (TPSA) is 96.0 Å². The lowest BCUT2D eigenvalue weighted by Crippen LogP contribution is -2.33. The Morgan fingerprint density at radius 1 is 1.18 bits per heavy atom. The molecule has 7 nitrogen and oxygen atoms in total. The summed E-state index contributed by atoms with van der Waals surface area (Å²) >= 11 is 0. The Balaban J connectivity index is 2.87. The Hall–Kier alpha value is -1.93. The summed E-state index contributed by atoms with van der Waals surface area (Å²) in [5.74, 6) is -1.49. The maximum absolute atomic E-state index is 11.9. The molecule has 0 unspecified atom stereocenters. The molecule has 8 heteroatoms. The van der Waals surface area contributed by atoms with Crippen LogP contribution in [0.15, 0.2) is 29.2 Å². The van der Waals surface area contributed by atoms with E-state index in [1.165, 1.54) is 19.2 Å². The lowest BCUT2D eigenvalue weighted by molar-refractivity contribution is -0.169. The van der Waals surface area contributed by atoms with Crippen molar-refractivity contribution in [3.05, 3.63) is 29.8 Å². The van der Waals surface area contributed by atoms with E-state index >= 15 is 0 Å². The molecule has 0 saturated carbocycles. The fourth-order valence-corrected chi connectivity index (χ4v) is 2.74. The lowest BCUT2D eigenvalue weighted by Gasteiger charge is -2.15. The normalized spacial score (nSPS) is 12.5. The molecule has 0 saturated heterocycles. The van der Waals surface area contributed by atoms with Crippen molar-refractivity contribution in [3.63, 3.8) is 0 Å². The number of ether oxygens (including phenoxy) is 3. The van der Waals surface area contributed by atoms with Crippen LogP contribution in [0.5, 0.6) is 0 Å². The Morgan fingerprint density at radius 2 is 1.82 bits per heavy atom. The summed E-state index contributed by atoms with van der Waals surface area (Å²) < 4.78 is 37.6. The van der Waals surface area contributed by atoms with Gasteiger partial charge in [0.2, 0.25) is 6.10 Å². The van der Waals surface area contributed by atoms with E-state index in [1.54, 1.807) is 12.1 Å². The molecule has 0 heterocycles. The molecule has 1 rings (SSSR count). The van der Waals surface area contributed by atoms with Crippen molar-refractivity contribution in [2.75, 3.05) is 27.1 Å². The molecule has 22 heavy (non-hydrogen) atoms. The summed E-state index contributed by atoms with van der Waals surface area (Å²) in [7, 11) is -0.948. The summed E-state index contributed by atoms with van der Waals surface area (Å²) in [6.45, 7) is -0.147.